The molecule has 0 radical (unpaired) electrons. The number of rotatable bonds is 4. The molecule has 2 aromatic carbocycles. The van der Waals surface area contributed by atoms with Crippen LogP contribution in [0.4, 0.5) is 5.82 Å². The second-order valence-corrected chi connectivity index (χ2v) is 8.16. The molecule has 0 aliphatic heterocycles. The van der Waals surface area contributed by atoms with Gasteiger partial charge in [-0.3, -0.25) is 0 Å². The summed E-state index contributed by atoms with van der Waals surface area (Å²) in [6.45, 7) is 2.04. The summed E-state index contributed by atoms with van der Waals surface area (Å²) in [4.78, 5) is 5.03. The summed E-state index contributed by atoms with van der Waals surface area (Å²) in [5.74, 6) is 1.00. The van der Waals surface area contributed by atoms with Crippen molar-refractivity contribution in [2.45, 2.75) is 38.6 Å². The van der Waals surface area contributed by atoms with Crippen LogP contribution < -0.4 is 5.32 Å². The van der Waals surface area contributed by atoms with Crippen LogP contribution in [0.2, 0.25) is 5.02 Å². The van der Waals surface area contributed by atoms with Gasteiger partial charge >= 0.3 is 0 Å². The van der Waals surface area contributed by atoms with E-state index >= 15 is 0 Å². The molecule has 0 bridgehead atoms. The Balaban J connectivity index is 1.72. The van der Waals surface area contributed by atoms with E-state index in [1.807, 2.05) is 53.9 Å². The predicted octanol–water partition coefficient (Wildman–Crippen LogP) is 6.38. The molecule has 1 saturated carbocycles. The highest BCUT2D eigenvalue weighted by Gasteiger charge is 2.20. The zero-order valence-electron chi connectivity index (χ0n) is 16.4. The third kappa shape index (κ3) is 3.49. The fourth-order valence-electron chi connectivity index (χ4n) is 4.22. The van der Waals surface area contributed by atoms with E-state index in [2.05, 4.69) is 23.5 Å². The van der Waals surface area contributed by atoms with Crippen LogP contribution in [0.15, 0.2) is 60.7 Å². The van der Waals surface area contributed by atoms with E-state index in [-0.39, 0.29) is 0 Å². The maximum absolute atomic E-state index is 6.11. The third-order valence-electron chi connectivity index (χ3n) is 5.67. The number of aromatic nitrogens is 3. The van der Waals surface area contributed by atoms with Crippen molar-refractivity contribution >= 4 is 23.1 Å². The Labute approximate surface area is 175 Å². The van der Waals surface area contributed by atoms with Crippen LogP contribution in [0.1, 0.15) is 31.4 Å². The summed E-state index contributed by atoms with van der Waals surface area (Å²) in [6, 6.07) is 20.8. The van der Waals surface area contributed by atoms with Crippen molar-refractivity contribution in [1.82, 2.24) is 14.6 Å². The average molecular weight is 403 g/mol. The molecule has 0 spiro atoms. The van der Waals surface area contributed by atoms with E-state index in [9.17, 15) is 0 Å². The van der Waals surface area contributed by atoms with Gasteiger partial charge in [-0.15, -0.1) is 0 Å². The molecular formula is C24H23ClN4. The van der Waals surface area contributed by atoms with Gasteiger partial charge in [0.1, 0.15) is 5.82 Å². The van der Waals surface area contributed by atoms with Gasteiger partial charge in [-0.2, -0.15) is 9.61 Å². The van der Waals surface area contributed by atoms with Crippen LogP contribution in [0.3, 0.4) is 0 Å². The van der Waals surface area contributed by atoms with Crippen LogP contribution in [-0.2, 0) is 0 Å². The number of nitrogens with one attached hydrogen (secondary N) is 1. The van der Waals surface area contributed by atoms with E-state index < -0.39 is 0 Å². The van der Waals surface area contributed by atoms with E-state index in [1.165, 1.54) is 25.7 Å². The SMILES string of the molecule is Cc1nn2c(NC3CCCC3)cc(-c3ccccc3)nc2c1-c1ccc(Cl)cc1. The fraction of sp³-hybridized carbons (Fsp3) is 0.250. The Hall–Kier alpha value is -2.85. The number of nitrogens with zero attached hydrogens (tertiary/aromatic N) is 3. The highest BCUT2D eigenvalue weighted by Crippen LogP contribution is 2.33. The molecule has 1 aliphatic carbocycles. The van der Waals surface area contributed by atoms with E-state index in [0.717, 1.165) is 44.6 Å². The summed E-state index contributed by atoms with van der Waals surface area (Å²) in [5.41, 5.74) is 6.01. The lowest BCUT2D eigenvalue weighted by atomic mass is 10.1. The lowest BCUT2D eigenvalue weighted by molar-refractivity contribution is 0.739. The molecule has 2 aromatic heterocycles. The third-order valence-corrected chi connectivity index (χ3v) is 5.93. The summed E-state index contributed by atoms with van der Waals surface area (Å²) in [7, 11) is 0. The molecule has 146 valence electrons. The Kier molecular flexibility index (Phi) is 4.72. The van der Waals surface area contributed by atoms with Crippen molar-refractivity contribution in [3.63, 3.8) is 0 Å². The van der Waals surface area contributed by atoms with Crippen molar-refractivity contribution in [1.29, 1.82) is 0 Å². The summed E-state index contributed by atoms with van der Waals surface area (Å²) < 4.78 is 1.96. The standard InChI is InChI=1S/C24H23ClN4/c1-16-23(18-11-13-19(25)14-12-18)24-27-21(17-7-3-2-4-8-17)15-22(29(24)28-16)26-20-9-5-6-10-20/h2-4,7-8,11-15,20,26H,5-6,9-10H2,1H3. The zero-order valence-corrected chi connectivity index (χ0v) is 17.2. The molecule has 0 unspecified atom stereocenters. The van der Waals surface area contributed by atoms with Crippen molar-refractivity contribution < 1.29 is 0 Å². The predicted molar refractivity (Wildman–Crippen MR) is 119 cm³/mol. The Morgan fingerprint density at radius 1 is 0.966 bits per heavy atom. The van der Waals surface area contributed by atoms with Gasteiger partial charge in [0.15, 0.2) is 5.65 Å². The quantitative estimate of drug-likeness (QED) is 0.430. The van der Waals surface area contributed by atoms with Crippen LogP contribution in [0.5, 0.6) is 0 Å². The molecule has 1 aliphatic rings. The van der Waals surface area contributed by atoms with Crippen LogP contribution in [-0.4, -0.2) is 20.6 Å². The van der Waals surface area contributed by atoms with Gasteiger partial charge in [-0.1, -0.05) is 66.9 Å². The van der Waals surface area contributed by atoms with E-state index in [1.54, 1.807) is 0 Å². The van der Waals surface area contributed by atoms with Crippen molar-refractivity contribution in [2.75, 3.05) is 5.32 Å². The molecule has 4 aromatic rings. The normalized spacial score (nSPS) is 14.6. The summed E-state index contributed by atoms with van der Waals surface area (Å²) >= 11 is 6.11. The largest absolute Gasteiger partial charge is 0.367 e. The number of halogens is 1. The van der Waals surface area contributed by atoms with Gasteiger partial charge in [0.25, 0.3) is 0 Å². The van der Waals surface area contributed by atoms with Crippen molar-refractivity contribution in [3.8, 4) is 22.4 Å². The Bertz CT molecular complexity index is 1140. The molecule has 29 heavy (non-hydrogen) atoms. The minimum absolute atomic E-state index is 0.493. The van der Waals surface area contributed by atoms with Crippen molar-refractivity contribution in [3.05, 3.63) is 71.4 Å². The maximum Gasteiger partial charge on any atom is 0.166 e. The molecule has 0 amide bonds. The van der Waals surface area contributed by atoms with Gasteiger partial charge in [0.05, 0.1) is 11.4 Å². The monoisotopic (exact) mass is 402 g/mol. The first-order valence-electron chi connectivity index (χ1n) is 10.2. The van der Waals surface area contributed by atoms with E-state index in [0.29, 0.717) is 6.04 Å². The van der Waals surface area contributed by atoms with Crippen LogP contribution in [0.25, 0.3) is 28.0 Å². The van der Waals surface area contributed by atoms with Gasteiger partial charge < -0.3 is 5.32 Å². The highest BCUT2D eigenvalue weighted by atomic mass is 35.5. The van der Waals surface area contributed by atoms with Crippen LogP contribution >= 0.6 is 11.6 Å². The average Bonchev–Trinajstić information content (AvgIpc) is 3.37. The molecule has 0 saturated heterocycles. The number of aryl methyl sites for hydroxylation is 1. The van der Waals surface area contributed by atoms with Gasteiger partial charge in [0, 0.05) is 28.3 Å². The highest BCUT2D eigenvalue weighted by molar-refractivity contribution is 6.30. The first-order chi connectivity index (χ1) is 14.2. The van der Waals surface area contributed by atoms with Gasteiger partial charge in [-0.25, -0.2) is 4.98 Å². The van der Waals surface area contributed by atoms with E-state index in [4.69, 9.17) is 21.7 Å². The fourth-order valence-corrected chi connectivity index (χ4v) is 4.34. The number of fused-ring (bicyclic) bond motifs is 1. The molecule has 1 N–H and O–H groups in total. The molecule has 4 nitrogen and oxygen atoms in total. The smallest absolute Gasteiger partial charge is 0.166 e. The summed E-state index contributed by atoms with van der Waals surface area (Å²) in [5, 5.41) is 9.31. The molecule has 5 rings (SSSR count). The van der Waals surface area contributed by atoms with Crippen LogP contribution in [0, 0.1) is 6.92 Å². The first-order valence-corrected chi connectivity index (χ1v) is 10.5. The molecule has 0 atom stereocenters. The number of benzene rings is 2. The molecule has 1 fully saturated rings. The first kappa shape index (κ1) is 18.2. The number of hydrogen-bond acceptors (Lipinski definition) is 3. The minimum Gasteiger partial charge on any atom is -0.367 e. The lowest BCUT2D eigenvalue weighted by Crippen LogP contribution is -2.17. The number of hydrogen-bond donors (Lipinski definition) is 1. The second kappa shape index (κ2) is 7.53. The summed E-state index contributed by atoms with van der Waals surface area (Å²) in [6.07, 6.45) is 4.97. The zero-order chi connectivity index (χ0) is 19.8. The second-order valence-electron chi connectivity index (χ2n) is 7.72. The molecular weight excluding hydrogens is 380 g/mol. The minimum atomic E-state index is 0.493. The topological polar surface area (TPSA) is 42.2 Å². The van der Waals surface area contributed by atoms with Gasteiger partial charge in [-0.05, 0) is 37.5 Å². The van der Waals surface area contributed by atoms with Crippen molar-refractivity contribution in [2.24, 2.45) is 0 Å². The Morgan fingerprint density at radius 3 is 2.41 bits per heavy atom. The number of anilines is 1. The Morgan fingerprint density at radius 2 is 1.69 bits per heavy atom. The lowest BCUT2D eigenvalue weighted by Gasteiger charge is -2.16. The van der Waals surface area contributed by atoms with Gasteiger partial charge in [0.2, 0.25) is 0 Å². The molecule has 2 heterocycles. The maximum atomic E-state index is 6.11. The molecule has 5 heteroatoms.